The number of carbonyl (C=O) groups is 2. The van der Waals surface area contributed by atoms with Crippen LogP contribution >= 0.6 is 12.4 Å². The summed E-state index contributed by atoms with van der Waals surface area (Å²) in [6.45, 7) is 3.09. The molecule has 1 saturated heterocycles. The number of piperazine rings is 1. The predicted octanol–water partition coefficient (Wildman–Crippen LogP) is 2.15. The van der Waals surface area contributed by atoms with Gasteiger partial charge in [0.2, 0.25) is 0 Å². The van der Waals surface area contributed by atoms with Crippen LogP contribution in [0, 0.1) is 0 Å². The lowest BCUT2D eigenvalue weighted by atomic mass is 10.0. The highest BCUT2D eigenvalue weighted by atomic mass is 35.5. The lowest BCUT2D eigenvalue weighted by molar-refractivity contribution is -0.133. The number of nitrogens with one attached hydrogen (secondary N) is 1. The number of benzene rings is 2. The van der Waals surface area contributed by atoms with Gasteiger partial charge in [0.15, 0.2) is 12.4 Å². The van der Waals surface area contributed by atoms with Gasteiger partial charge in [0.25, 0.3) is 5.91 Å². The number of carbonyl (C=O) groups excluding carboxylic acids is 2. The highest BCUT2D eigenvalue weighted by molar-refractivity contribution is 6.08. The summed E-state index contributed by atoms with van der Waals surface area (Å²) in [5, 5.41) is 3.21. The van der Waals surface area contributed by atoms with Gasteiger partial charge in [-0.2, -0.15) is 0 Å². The molecule has 2 aromatic carbocycles. The zero-order valence-corrected chi connectivity index (χ0v) is 14.6. The lowest BCUT2D eigenvalue weighted by Gasteiger charge is -2.27. The third-order valence-corrected chi connectivity index (χ3v) is 3.98. The maximum absolute atomic E-state index is 12.3. The van der Waals surface area contributed by atoms with Gasteiger partial charge in [0.05, 0.1) is 0 Å². The van der Waals surface area contributed by atoms with Crippen LogP contribution in [0.1, 0.15) is 15.9 Å². The minimum Gasteiger partial charge on any atom is -0.484 e. The molecule has 0 aliphatic carbocycles. The number of hydrogen-bond acceptors (Lipinski definition) is 4. The second kappa shape index (κ2) is 9.20. The van der Waals surface area contributed by atoms with Gasteiger partial charge in [-0.3, -0.25) is 9.59 Å². The molecule has 5 nitrogen and oxygen atoms in total. The van der Waals surface area contributed by atoms with E-state index < -0.39 is 0 Å². The zero-order chi connectivity index (χ0) is 16.8. The Morgan fingerprint density at radius 3 is 2.16 bits per heavy atom. The van der Waals surface area contributed by atoms with Crippen LogP contribution in [0.4, 0.5) is 0 Å². The van der Waals surface area contributed by atoms with Gasteiger partial charge in [0, 0.05) is 37.3 Å². The number of halogens is 1. The van der Waals surface area contributed by atoms with E-state index in [1.165, 1.54) is 0 Å². The maximum atomic E-state index is 12.3. The molecule has 1 heterocycles. The first-order chi connectivity index (χ1) is 11.7. The van der Waals surface area contributed by atoms with Crippen molar-refractivity contribution in [2.45, 2.75) is 0 Å². The molecule has 1 fully saturated rings. The molecule has 0 saturated carbocycles. The highest BCUT2D eigenvalue weighted by Gasteiger charge is 2.16. The van der Waals surface area contributed by atoms with Crippen LogP contribution in [0.25, 0.3) is 0 Å². The Balaban J connectivity index is 0.00000225. The summed E-state index contributed by atoms with van der Waals surface area (Å²) in [6, 6.07) is 16.0. The summed E-state index contributed by atoms with van der Waals surface area (Å²) < 4.78 is 5.54. The number of ether oxygens (including phenoxy) is 1. The van der Waals surface area contributed by atoms with Gasteiger partial charge in [-0.1, -0.05) is 30.3 Å². The second-order valence-electron chi connectivity index (χ2n) is 5.64. The smallest absolute Gasteiger partial charge is 0.260 e. The van der Waals surface area contributed by atoms with Crippen molar-refractivity contribution < 1.29 is 14.3 Å². The van der Waals surface area contributed by atoms with E-state index in [1.807, 2.05) is 18.2 Å². The zero-order valence-electron chi connectivity index (χ0n) is 13.8. The minimum atomic E-state index is -0.0287. The Morgan fingerprint density at radius 1 is 0.920 bits per heavy atom. The molecule has 0 bridgehead atoms. The van der Waals surface area contributed by atoms with Crippen LogP contribution in [0.2, 0.25) is 0 Å². The van der Waals surface area contributed by atoms with Crippen molar-refractivity contribution in [3.63, 3.8) is 0 Å². The van der Waals surface area contributed by atoms with E-state index in [0.29, 0.717) is 30.0 Å². The largest absolute Gasteiger partial charge is 0.484 e. The van der Waals surface area contributed by atoms with Crippen LogP contribution in [-0.2, 0) is 4.79 Å². The fourth-order valence-corrected chi connectivity index (χ4v) is 2.61. The third kappa shape index (κ3) is 5.05. The summed E-state index contributed by atoms with van der Waals surface area (Å²) in [6.07, 6.45) is 0. The highest BCUT2D eigenvalue weighted by Crippen LogP contribution is 2.15. The molecule has 6 heteroatoms. The van der Waals surface area contributed by atoms with Crippen LogP contribution in [0.15, 0.2) is 54.6 Å². The quantitative estimate of drug-likeness (QED) is 0.830. The second-order valence-corrected chi connectivity index (χ2v) is 5.64. The van der Waals surface area contributed by atoms with Gasteiger partial charge in [-0.25, -0.2) is 0 Å². The molecule has 132 valence electrons. The summed E-state index contributed by atoms with van der Waals surface area (Å²) in [4.78, 5) is 26.2. The van der Waals surface area contributed by atoms with Crippen LogP contribution in [0.5, 0.6) is 5.75 Å². The molecule has 0 radical (unpaired) electrons. The predicted molar refractivity (Wildman–Crippen MR) is 98.5 cm³/mol. The topological polar surface area (TPSA) is 58.6 Å². The number of rotatable bonds is 5. The van der Waals surface area contributed by atoms with Crippen molar-refractivity contribution in [2.24, 2.45) is 0 Å². The van der Waals surface area contributed by atoms with Crippen molar-refractivity contribution in [3.8, 4) is 5.75 Å². The minimum absolute atomic E-state index is 0. The SMILES string of the molecule is Cl.O=C(c1ccccc1)c1ccc(OCC(=O)N2CCNCC2)cc1. The number of nitrogens with zero attached hydrogens (tertiary/aromatic N) is 1. The fourth-order valence-electron chi connectivity index (χ4n) is 2.61. The summed E-state index contributed by atoms with van der Waals surface area (Å²) in [7, 11) is 0. The molecular weight excluding hydrogens is 340 g/mol. The first-order valence-corrected chi connectivity index (χ1v) is 8.05. The Morgan fingerprint density at radius 2 is 1.52 bits per heavy atom. The molecule has 1 aliphatic heterocycles. The van der Waals surface area contributed by atoms with Crippen molar-refractivity contribution in [3.05, 3.63) is 65.7 Å². The van der Waals surface area contributed by atoms with Crippen LogP contribution in [-0.4, -0.2) is 49.4 Å². The summed E-state index contributed by atoms with van der Waals surface area (Å²) in [5.74, 6) is 0.545. The molecule has 1 amide bonds. The molecule has 1 N–H and O–H groups in total. The molecule has 25 heavy (non-hydrogen) atoms. The van der Waals surface area contributed by atoms with Gasteiger partial charge < -0.3 is 15.0 Å². The monoisotopic (exact) mass is 360 g/mol. The van der Waals surface area contributed by atoms with E-state index in [-0.39, 0.29) is 30.7 Å². The number of hydrogen-bond donors (Lipinski definition) is 1. The molecule has 0 atom stereocenters. The molecule has 1 aliphatic rings. The van der Waals surface area contributed by atoms with Gasteiger partial charge in [0.1, 0.15) is 5.75 Å². The van der Waals surface area contributed by atoms with E-state index in [0.717, 1.165) is 13.1 Å². The molecule has 2 aromatic rings. The molecule has 0 spiro atoms. The van der Waals surface area contributed by atoms with Crippen LogP contribution < -0.4 is 10.1 Å². The molecule has 0 aromatic heterocycles. The van der Waals surface area contributed by atoms with Gasteiger partial charge in [-0.05, 0) is 24.3 Å². The number of ketones is 1. The normalized spacial score (nSPS) is 13.7. The van der Waals surface area contributed by atoms with Gasteiger partial charge in [-0.15, -0.1) is 12.4 Å². The first kappa shape index (κ1) is 19.0. The Hall–Kier alpha value is -2.37. The molecule has 3 rings (SSSR count). The standard InChI is InChI=1S/C19H20N2O3.ClH/c22-18(21-12-10-20-11-13-21)14-24-17-8-6-16(7-9-17)19(23)15-4-2-1-3-5-15;/h1-9,20H,10-14H2;1H. The summed E-state index contributed by atoms with van der Waals surface area (Å²) in [5.41, 5.74) is 1.25. The van der Waals surface area contributed by atoms with E-state index in [9.17, 15) is 9.59 Å². The van der Waals surface area contributed by atoms with Crippen molar-refractivity contribution >= 4 is 24.1 Å². The van der Waals surface area contributed by atoms with Crippen molar-refractivity contribution in [2.75, 3.05) is 32.8 Å². The number of amides is 1. The molecular formula is C19H21ClN2O3. The molecule has 0 unspecified atom stereocenters. The average molecular weight is 361 g/mol. The van der Waals surface area contributed by atoms with Crippen molar-refractivity contribution in [1.29, 1.82) is 0 Å². The Kier molecular flexibility index (Phi) is 6.98. The lowest BCUT2D eigenvalue weighted by Crippen LogP contribution is -2.47. The average Bonchev–Trinajstić information content (AvgIpc) is 2.67. The van der Waals surface area contributed by atoms with Gasteiger partial charge >= 0.3 is 0 Å². The van der Waals surface area contributed by atoms with E-state index in [2.05, 4.69) is 5.32 Å². The maximum Gasteiger partial charge on any atom is 0.260 e. The fraction of sp³-hybridized carbons (Fsp3) is 0.263. The van der Waals surface area contributed by atoms with E-state index >= 15 is 0 Å². The Bertz CT molecular complexity index is 698. The Labute approximate surface area is 153 Å². The third-order valence-electron chi connectivity index (χ3n) is 3.98. The first-order valence-electron chi connectivity index (χ1n) is 8.05. The van der Waals surface area contributed by atoms with Crippen molar-refractivity contribution in [1.82, 2.24) is 10.2 Å². The van der Waals surface area contributed by atoms with Crippen LogP contribution in [0.3, 0.4) is 0 Å². The van der Waals surface area contributed by atoms with E-state index in [4.69, 9.17) is 4.74 Å². The van der Waals surface area contributed by atoms with E-state index in [1.54, 1.807) is 41.3 Å². The summed E-state index contributed by atoms with van der Waals surface area (Å²) >= 11 is 0.